The van der Waals surface area contributed by atoms with Crippen molar-refractivity contribution >= 4 is 23.1 Å². The van der Waals surface area contributed by atoms with Gasteiger partial charge in [-0.05, 0) is 42.8 Å². The Labute approximate surface area is 201 Å². The van der Waals surface area contributed by atoms with Crippen LogP contribution in [0.3, 0.4) is 0 Å². The first-order valence-electron chi connectivity index (χ1n) is 10.6. The minimum atomic E-state index is -0.478. The molecule has 0 amide bonds. The van der Waals surface area contributed by atoms with Crippen molar-refractivity contribution in [1.29, 1.82) is 0 Å². The zero-order valence-corrected chi connectivity index (χ0v) is 19.9. The molecule has 0 saturated heterocycles. The number of nitrogens with one attached hydrogen (secondary N) is 1. The van der Waals surface area contributed by atoms with Gasteiger partial charge in [-0.15, -0.1) is 21.5 Å². The van der Waals surface area contributed by atoms with Crippen molar-refractivity contribution in [2.24, 2.45) is 0 Å². The molecule has 0 radical (unpaired) electrons. The van der Waals surface area contributed by atoms with Crippen LogP contribution in [0.25, 0.3) is 21.8 Å². The average Bonchev–Trinajstić information content (AvgIpc) is 3.38. The van der Waals surface area contributed by atoms with Crippen LogP contribution in [0.1, 0.15) is 23.0 Å². The average molecular weight is 477 g/mol. The molecule has 4 rings (SSSR count). The van der Waals surface area contributed by atoms with E-state index in [9.17, 15) is 4.79 Å². The predicted molar refractivity (Wildman–Crippen MR) is 131 cm³/mol. The van der Waals surface area contributed by atoms with Crippen molar-refractivity contribution in [2.75, 3.05) is 26.1 Å². The van der Waals surface area contributed by atoms with Gasteiger partial charge in [0.1, 0.15) is 10.8 Å². The Kier molecular flexibility index (Phi) is 7.34. The number of aromatic nitrogens is 3. The number of carbonyl (C=O) groups excluding carboxylic acids is 1. The van der Waals surface area contributed by atoms with Crippen molar-refractivity contribution in [3.63, 3.8) is 0 Å². The summed E-state index contributed by atoms with van der Waals surface area (Å²) in [5, 5.41) is 14.1. The van der Waals surface area contributed by atoms with Crippen molar-refractivity contribution in [3.05, 3.63) is 71.2 Å². The molecule has 9 heteroatoms. The van der Waals surface area contributed by atoms with E-state index in [2.05, 4.69) is 15.5 Å². The van der Waals surface area contributed by atoms with Crippen molar-refractivity contribution in [2.45, 2.75) is 13.5 Å². The first kappa shape index (κ1) is 23.2. The molecule has 0 aliphatic heterocycles. The molecule has 0 unspecified atom stereocenters. The van der Waals surface area contributed by atoms with E-state index in [0.29, 0.717) is 30.5 Å². The van der Waals surface area contributed by atoms with Gasteiger partial charge in [0.05, 0.1) is 26.5 Å². The third-order valence-electron chi connectivity index (χ3n) is 5.01. The van der Waals surface area contributed by atoms with Gasteiger partial charge < -0.3 is 19.5 Å². The molecule has 0 saturated carbocycles. The van der Waals surface area contributed by atoms with Crippen molar-refractivity contribution in [1.82, 2.24) is 15.2 Å². The molecule has 0 aliphatic rings. The topological polar surface area (TPSA) is 95.5 Å². The van der Waals surface area contributed by atoms with Crippen LogP contribution in [0.4, 0.5) is 5.82 Å². The molecule has 0 bridgehead atoms. The fourth-order valence-corrected chi connectivity index (χ4v) is 4.07. The van der Waals surface area contributed by atoms with Gasteiger partial charge >= 0.3 is 5.97 Å². The summed E-state index contributed by atoms with van der Waals surface area (Å²) in [6.45, 7) is 2.62. The molecule has 1 N–H and O–H groups in total. The van der Waals surface area contributed by atoms with E-state index in [1.54, 1.807) is 44.6 Å². The van der Waals surface area contributed by atoms with Crippen LogP contribution in [0.5, 0.6) is 11.5 Å². The molecular weight excluding hydrogens is 452 g/mol. The van der Waals surface area contributed by atoms with Crippen LogP contribution in [0.2, 0.25) is 0 Å². The van der Waals surface area contributed by atoms with Crippen LogP contribution in [-0.2, 0) is 11.3 Å². The summed E-state index contributed by atoms with van der Waals surface area (Å²) in [5.74, 6) is 1.46. The molecule has 2 heterocycles. The highest BCUT2D eigenvalue weighted by atomic mass is 32.1. The third kappa shape index (κ3) is 5.32. The van der Waals surface area contributed by atoms with Crippen LogP contribution in [0.15, 0.2) is 60.0 Å². The second kappa shape index (κ2) is 10.8. The molecule has 2 aromatic heterocycles. The number of thiazole rings is 1. The van der Waals surface area contributed by atoms with E-state index >= 15 is 0 Å². The van der Waals surface area contributed by atoms with Gasteiger partial charge in [-0.2, -0.15) is 0 Å². The molecule has 0 fully saturated rings. The van der Waals surface area contributed by atoms with Gasteiger partial charge in [0.15, 0.2) is 17.2 Å². The quantitative estimate of drug-likeness (QED) is 0.335. The summed E-state index contributed by atoms with van der Waals surface area (Å²) in [7, 11) is 3.24. The fraction of sp³-hybridized carbons (Fsp3) is 0.200. The maximum Gasteiger partial charge on any atom is 0.358 e. The smallest absolute Gasteiger partial charge is 0.358 e. The highest BCUT2D eigenvalue weighted by Crippen LogP contribution is 2.34. The minimum Gasteiger partial charge on any atom is -0.493 e. The van der Waals surface area contributed by atoms with E-state index in [0.717, 1.165) is 27.4 Å². The van der Waals surface area contributed by atoms with Crippen LogP contribution >= 0.6 is 11.3 Å². The molecule has 0 spiro atoms. The number of esters is 1. The highest BCUT2D eigenvalue weighted by molar-refractivity contribution is 7.13. The first-order chi connectivity index (χ1) is 16.6. The zero-order valence-electron chi connectivity index (χ0n) is 19.1. The lowest BCUT2D eigenvalue weighted by molar-refractivity contribution is 0.0518. The number of carbonyl (C=O) groups is 1. The molecular formula is C25H24N4O4S. The summed E-state index contributed by atoms with van der Waals surface area (Å²) in [5.41, 5.74) is 4.16. The van der Waals surface area contributed by atoms with Crippen LogP contribution in [-0.4, -0.2) is 42.0 Å². The van der Waals surface area contributed by atoms with E-state index in [-0.39, 0.29) is 5.69 Å². The highest BCUT2D eigenvalue weighted by Gasteiger charge is 2.11. The van der Waals surface area contributed by atoms with Crippen molar-refractivity contribution < 1.29 is 19.0 Å². The minimum absolute atomic E-state index is 0.188. The Morgan fingerprint density at radius 2 is 1.71 bits per heavy atom. The molecule has 4 aromatic rings. The SMILES string of the molecule is CCOC(=O)c1ccc(NCc2ccc(-c3nc(-c4ccc(OC)c(OC)c4)cs3)cc2)nn1. The summed E-state index contributed by atoms with van der Waals surface area (Å²) in [6.07, 6.45) is 0. The Balaban J connectivity index is 1.40. The molecule has 0 atom stereocenters. The van der Waals surface area contributed by atoms with E-state index in [4.69, 9.17) is 19.2 Å². The summed E-state index contributed by atoms with van der Waals surface area (Å²) in [4.78, 5) is 16.5. The normalized spacial score (nSPS) is 10.6. The maximum atomic E-state index is 11.7. The largest absolute Gasteiger partial charge is 0.493 e. The molecule has 0 aliphatic carbocycles. The lowest BCUT2D eigenvalue weighted by atomic mass is 10.1. The Bertz CT molecular complexity index is 1260. The van der Waals surface area contributed by atoms with Crippen LogP contribution in [0, 0.1) is 0 Å². The summed E-state index contributed by atoms with van der Waals surface area (Å²) >= 11 is 1.59. The standard InChI is InChI=1S/C25H24N4O4S/c1-4-33-25(30)19-10-12-23(29-28-19)26-14-16-5-7-17(8-6-16)24-27-20(15-34-24)18-9-11-21(31-2)22(13-18)32-3/h5-13,15H,4,14H2,1-3H3,(H,26,29). The van der Waals surface area contributed by atoms with Gasteiger partial charge in [-0.25, -0.2) is 9.78 Å². The number of hydrogen-bond donors (Lipinski definition) is 1. The number of benzene rings is 2. The van der Waals surface area contributed by atoms with Gasteiger partial charge in [0, 0.05) is 23.1 Å². The van der Waals surface area contributed by atoms with Gasteiger partial charge in [0.25, 0.3) is 0 Å². The summed E-state index contributed by atoms with van der Waals surface area (Å²) in [6, 6.07) is 17.2. The lowest BCUT2D eigenvalue weighted by Crippen LogP contribution is -2.09. The van der Waals surface area contributed by atoms with E-state index < -0.39 is 5.97 Å². The fourth-order valence-electron chi connectivity index (χ4n) is 3.23. The van der Waals surface area contributed by atoms with Crippen LogP contribution < -0.4 is 14.8 Å². The summed E-state index contributed by atoms with van der Waals surface area (Å²) < 4.78 is 15.6. The zero-order chi connectivity index (χ0) is 23.9. The Hall–Kier alpha value is -3.98. The van der Waals surface area contributed by atoms with Crippen molar-refractivity contribution in [3.8, 4) is 33.3 Å². The third-order valence-corrected chi connectivity index (χ3v) is 5.90. The van der Waals surface area contributed by atoms with E-state index in [1.165, 1.54) is 0 Å². The Morgan fingerprint density at radius 3 is 2.38 bits per heavy atom. The second-order valence-electron chi connectivity index (χ2n) is 7.18. The van der Waals surface area contributed by atoms with E-state index in [1.807, 2.05) is 47.8 Å². The number of rotatable bonds is 9. The lowest BCUT2D eigenvalue weighted by Gasteiger charge is -2.08. The van der Waals surface area contributed by atoms with Gasteiger partial charge in [0.2, 0.25) is 0 Å². The van der Waals surface area contributed by atoms with Gasteiger partial charge in [-0.3, -0.25) is 0 Å². The Morgan fingerprint density at radius 1 is 0.941 bits per heavy atom. The second-order valence-corrected chi connectivity index (χ2v) is 8.04. The monoisotopic (exact) mass is 476 g/mol. The molecule has 174 valence electrons. The molecule has 8 nitrogen and oxygen atoms in total. The number of nitrogens with zero attached hydrogens (tertiary/aromatic N) is 3. The first-order valence-corrected chi connectivity index (χ1v) is 11.5. The molecule has 2 aromatic carbocycles. The van der Waals surface area contributed by atoms with Gasteiger partial charge in [-0.1, -0.05) is 24.3 Å². The number of methoxy groups -OCH3 is 2. The number of ether oxygens (including phenoxy) is 3. The predicted octanol–water partition coefficient (Wildman–Crippen LogP) is 5.07. The molecule has 34 heavy (non-hydrogen) atoms. The number of hydrogen-bond acceptors (Lipinski definition) is 9. The maximum absolute atomic E-state index is 11.7. The number of anilines is 1.